The zero-order valence-electron chi connectivity index (χ0n) is 11.4. The first-order valence-corrected chi connectivity index (χ1v) is 6.00. The third kappa shape index (κ3) is 3.22. The van der Waals surface area contributed by atoms with Gasteiger partial charge in [-0.05, 0) is 30.1 Å². The molecule has 0 nitrogen and oxygen atoms in total. The molecule has 0 heterocycles. The Bertz CT molecular complexity index is 289. The Labute approximate surface area is 95.5 Å². The van der Waals surface area contributed by atoms with Gasteiger partial charge >= 0.3 is 0 Å². The molecular formula is C15H26. The molecular weight excluding hydrogens is 180 g/mol. The van der Waals surface area contributed by atoms with E-state index in [-0.39, 0.29) is 0 Å². The minimum Gasteiger partial charge on any atom is -0.0776 e. The molecule has 1 aliphatic carbocycles. The molecule has 0 fully saturated rings. The van der Waals surface area contributed by atoms with Crippen molar-refractivity contribution in [3.63, 3.8) is 0 Å². The first-order valence-electron chi connectivity index (χ1n) is 6.00. The number of allylic oxidation sites excluding steroid dienone is 4. The van der Waals surface area contributed by atoms with Crippen molar-refractivity contribution in [3.05, 3.63) is 23.3 Å². The van der Waals surface area contributed by atoms with Gasteiger partial charge in [-0.25, -0.2) is 0 Å². The van der Waals surface area contributed by atoms with E-state index >= 15 is 0 Å². The van der Waals surface area contributed by atoms with Crippen LogP contribution in [0.5, 0.6) is 0 Å². The van der Waals surface area contributed by atoms with Gasteiger partial charge in [0, 0.05) is 0 Å². The van der Waals surface area contributed by atoms with Crippen LogP contribution >= 0.6 is 0 Å². The van der Waals surface area contributed by atoms with Crippen LogP contribution in [-0.2, 0) is 0 Å². The van der Waals surface area contributed by atoms with E-state index in [0.717, 1.165) is 0 Å². The molecule has 0 saturated carbocycles. The van der Waals surface area contributed by atoms with Crippen LogP contribution in [0.15, 0.2) is 23.3 Å². The van der Waals surface area contributed by atoms with Gasteiger partial charge in [-0.3, -0.25) is 0 Å². The van der Waals surface area contributed by atoms with Crippen LogP contribution in [0.1, 0.15) is 54.9 Å². The Morgan fingerprint density at radius 1 is 1.07 bits per heavy atom. The lowest BCUT2D eigenvalue weighted by Gasteiger charge is -2.36. The fourth-order valence-electron chi connectivity index (χ4n) is 2.07. The summed E-state index contributed by atoms with van der Waals surface area (Å²) in [5.74, 6) is 0.691. The molecule has 0 aromatic heterocycles. The van der Waals surface area contributed by atoms with Gasteiger partial charge in [-0.1, -0.05) is 64.8 Å². The summed E-state index contributed by atoms with van der Waals surface area (Å²) in [6.07, 6.45) is 6.04. The Kier molecular flexibility index (Phi) is 3.19. The number of hydrogen-bond donors (Lipinski definition) is 0. The smallest absolute Gasteiger partial charge is 0.0141 e. The highest BCUT2D eigenvalue weighted by Crippen LogP contribution is 2.41. The lowest BCUT2D eigenvalue weighted by atomic mass is 9.69. The van der Waals surface area contributed by atoms with Crippen LogP contribution in [0.2, 0.25) is 0 Å². The van der Waals surface area contributed by atoms with Crippen LogP contribution in [0, 0.1) is 16.7 Å². The van der Waals surface area contributed by atoms with E-state index in [1.54, 1.807) is 5.57 Å². The van der Waals surface area contributed by atoms with Gasteiger partial charge in [0.15, 0.2) is 0 Å². The second-order valence-electron chi connectivity index (χ2n) is 7.01. The van der Waals surface area contributed by atoms with Crippen LogP contribution in [0.3, 0.4) is 0 Å². The Hall–Kier alpha value is -0.520. The molecule has 0 amide bonds. The van der Waals surface area contributed by atoms with Gasteiger partial charge in [0.2, 0.25) is 0 Å². The SMILES string of the molecule is CC1=CC(C(C)(C)C)CC(C(C)(C)C)=C1. The second kappa shape index (κ2) is 3.81. The first-order chi connectivity index (χ1) is 6.60. The summed E-state index contributed by atoms with van der Waals surface area (Å²) in [5, 5.41) is 0. The summed E-state index contributed by atoms with van der Waals surface area (Å²) in [5.41, 5.74) is 3.74. The molecule has 15 heavy (non-hydrogen) atoms. The van der Waals surface area contributed by atoms with Crippen molar-refractivity contribution in [2.24, 2.45) is 16.7 Å². The second-order valence-corrected chi connectivity index (χ2v) is 7.01. The summed E-state index contributed by atoms with van der Waals surface area (Å²) in [6, 6.07) is 0. The highest BCUT2D eigenvalue weighted by molar-refractivity contribution is 5.31. The summed E-state index contributed by atoms with van der Waals surface area (Å²) in [6.45, 7) is 16.2. The van der Waals surface area contributed by atoms with E-state index in [1.165, 1.54) is 12.0 Å². The van der Waals surface area contributed by atoms with Crippen molar-refractivity contribution in [1.29, 1.82) is 0 Å². The predicted molar refractivity (Wildman–Crippen MR) is 68.9 cm³/mol. The van der Waals surface area contributed by atoms with Crippen molar-refractivity contribution < 1.29 is 0 Å². The lowest BCUT2D eigenvalue weighted by molar-refractivity contribution is 0.274. The van der Waals surface area contributed by atoms with E-state index in [2.05, 4.69) is 60.6 Å². The molecule has 0 heteroatoms. The number of rotatable bonds is 0. The molecule has 0 bridgehead atoms. The van der Waals surface area contributed by atoms with Crippen LogP contribution in [-0.4, -0.2) is 0 Å². The molecule has 1 aliphatic rings. The molecule has 0 aromatic rings. The Morgan fingerprint density at radius 2 is 1.60 bits per heavy atom. The van der Waals surface area contributed by atoms with Crippen molar-refractivity contribution >= 4 is 0 Å². The first kappa shape index (κ1) is 12.5. The monoisotopic (exact) mass is 206 g/mol. The van der Waals surface area contributed by atoms with Gasteiger partial charge in [0.25, 0.3) is 0 Å². The van der Waals surface area contributed by atoms with Gasteiger partial charge in [-0.15, -0.1) is 0 Å². The maximum Gasteiger partial charge on any atom is -0.0141 e. The predicted octanol–water partition coefficient (Wildman–Crippen LogP) is 4.97. The van der Waals surface area contributed by atoms with E-state index in [9.17, 15) is 0 Å². The Balaban J connectivity index is 2.96. The molecule has 1 unspecified atom stereocenters. The molecule has 1 atom stereocenters. The normalized spacial score (nSPS) is 23.5. The maximum absolute atomic E-state index is 2.44. The lowest BCUT2D eigenvalue weighted by Crippen LogP contribution is -2.24. The summed E-state index contributed by atoms with van der Waals surface area (Å²) >= 11 is 0. The van der Waals surface area contributed by atoms with Gasteiger partial charge in [-0.2, -0.15) is 0 Å². The largest absolute Gasteiger partial charge is 0.0776 e. The molecule has 0 aromatic carbocycles. The van der Waals surface area contributed by atoms with Crippen molar-refractivity contribution in [3.8, 4) is 0 Å². The fraction of sp³-hybridized carbons (Fsp3) is 0.733. The average molecular weight is 206 g/mol. The molecule has 1 rings (SSSR count). The van der Waals surface area contributed by atoms with Gasteiger partial charge < -0.3 is 0 Å². The quantitative estimate of drug-likeness (QED) is 0.525. The van der Waals surface area contributed by atoms with Crippen LogP contribution < -0.4 is 0 Å². The molecule has 86 valence electrons. The molecule has 0 N–H and O–H groups in total. The molecule has 0 radical (unpaired) electrons. The van der Waals surface area contributed by atoms with Gasteiger partial charge in [0.05, 0.1) is 0 Å². The third-order valence-electron chi connectivity index (χ3n) is 3.38. The standard InChI is InChI=1S/C15H26/c1-11-8-12(14(2,3)4)10-13(9-11)15(5,6)7/h8-9,12H,10H2,1-7H3. The third-order valence-corrected chi connectivity index (χ3v) is 3.38. The van der Waals surface area contributed by atoms with Crippen molar-refractivity contribution in [1.82, 2.24) is 0 Å². The van der Waals surface area contributed by atoms with Gasteiger partial charge in [0.1, 0.15) is 0 Å². The highest BCUT2D eigenvalue weighted by Gasteiger charge is 2.29. The highest BCUT2D eigenvalue weighted by atomic mass is 14.3. The Morgan fingerprint density at radius 3 is 2.00 bits per heavy atom. The average Bonchev–Trinajstić information content (AvgIpc) is 1.99. The summed E-state index contributed by atoms with van der Waals surface area (Å²) in [4.78, 5) is 0. The number of hydrogen-bond acceptors (Lipinski definition) is 0. The maximum atomic E-state index is 2.44. The molecule has 0 aliphatic heterocycles. The van der Waals surface area contributed by atoms with Crippen molar-refractivity contribution in [2.45, 2.75) is 54.9 Å². The fourth-order valence-corrected chi connectivity index (χ4v) is 2.07. The van der Waals surface area contributed by atoms with E-state index in [4.69, 9.17) is 0 Å². The zero-order valence-corrected chi connectivity index (χ0v) is 11.4. The minimum absolute atomic E-state index is 0.318. The minimum atomic E-state index is 0.318. The van der Waals surface area contributed by atoms with E-state index in [0.29, 0.717) is 16.7 Å². The van der Waals surface area contributed by atoms with Crippen molar-refractivity contribution in [2.75, 3.05) is 0 Å². The zero-order chi connectivity index (χ0) is 11.9. The summed E-state index contributed by atoms with van der Waals surface area (Å²) < 4.78 is 0. The van der Waals surface area contributed by atoms with Crippen LogP contribution in [0.25, 0.3) is 0 Å². The molecule has 0 spiro atoms. The molecule has 0 saturated heterocycles. The van der Waals surface area contributed by atoms with Crippen LogP contribution in [0.4, 0.5) is 0 Å². The topological polar surface area (TPSA) is 0 Å². The summed E-state index contributed by atoms with van der Waals surface area (Å²) in [7, 11) is 0. The van der Waals surface area contributed by atoms with E-state index in [1.807, 2.05) is 0 Å². The van der Waals surface area contributed by atoms with E-state index < -0.39 is 0 Å².